The number of carbonyl (C=O) groups excluding carboxylic acids is 1. The zero-order valence-electron chi connectivity index (χ0n) is 13.1. The van der Waals surface area contributed by atoms with Gasteiger partial charge in [-0.2, -0.15) is 0 Å². The topological polar surface area (TPSA) is 70.4 Å². The maximum atomic E-state index is 12.3. The standard InChI is InChI=1S/C17H22N4O2/c22-17(21-10-3-1-2-4-11-21)19-15-7-5-14(6-8-15)18-13-16-9-12-23-20-16/h5-9,12,18H,1-4,10-11,13H2,(H,19,22). The maximum Gasteiger partial charge on any atom is 0.321 e. The lowest BCUT2D eigenvalue weighted by atomic mass is 10.2. The highest BCUT2D eigenvalue weighted by Crippen LogP contribution is 2.16. The maximum absolute atomic E-state index is 12.3. The second-order valence-electron chi connectivity index (χ2n) is 5.75. The lowest BCUT2D eigenvalue weighted by Crippen LogP contribution is -2.35. The number of carbonyl (C=O) groups is 1. The molecule has 1 aliphatic rings. The Bertz CT molecular complexity index is 602. The molecule has 2 aromatic rings. The molecule has 0 atom stereocenters. The molecule has 23 heavy (non-hydrogen) atoms. The van der Waals surface area contributed by atoms with Crippen LogP contribution < -0.4 is 10.6 Å². The van der Waals surface area contributed by atoms with E-state index in [1.54, 1.807) is 6.26 Å². The quantitative estimate of drug-likeness (QED) is 0.903. The van der Waals surface area contributed by atoms with Gasteiger partial charge in [0.15, 0.2) is 0 Å². The number of aromatic nitrogens is 1. The number of rotatable bonds is 4. The van der Waals surface area contributed by atoms with Crippen molar-refractivity contribution in [3.63, 3.8) is 0 Å². The minimum absolute atomic E-state index is 0.00444. The van der Waals surface area contributed by atoms with Crippen LogP contribution in [0.3, 0.4) is 0 Å². The van der Waals surface area contributed by atoms with Gasteiger partial charge in [-0.1, -0.05) is 18.0 Å². The highest BCUT2D eigenvalue weighted by atomic mass is 16.5. The molecule has 0 saturated carbocycles. The molecule has 1 saturated heterocycles. The Morgan fingerprint density at radius 3 is 2.39 bits per heavy atom. The van der Waals surface area contributed by atoms with Crippen molar-refractivity contribution < 1.29 is 9.32 Å². The van der Waals surface area contributed by atoms with Gasteiger partial charge in [-0.15, -0.1) is 0 Å². The van der Waals surface area contributed by atoms with Gasteiger partial charge in [0, 0.05) is 30.5 Å². The monoisotopic (exact) mass is 314 g/mol. The number of nitrogens with zero attached hydrogens (tertiary/aromatic N) is 2. The van der Waals surface area contributed by atoms with E-state index in [0.717, 1.165) is 43.0 Å². The summed E-state index contributed by atoms with van der Waals surface area (Å²) in [5.74, 6) is 0. The van der Waals surface area contributed by atoms with Crippen LogP contribution in [-0.2, 0) is 6.54 Å². The number of hydrogen-bond donors (Lipinski definition) is 2. The van der Waals surface area contributed by atoms with Crippen LogP contribution in [0, 0.1) is 0 Å². The first-order valence-corrected chi connectivity index (χ1v) is 8.10. The molecule has 2 heterocycles. The summed E-state index contributed by atoms with van der Waals surface area (Å²) in [6.45, 7) is 2.31. The second kappa shape index (κ2) is 7.67. The van der Waals surface area contributed by atoms with Crippen LogP contribution in [0.1, 0.15) is 31.4 Å². The fraction of sp³-hybridized carbons (Fsp3) is 0.412. The van der Waals surface area contributed by atoms with Crippen molar-refractivity contribution in [2.24, 2.45) is 0 Å². The lowest BCUT2D eigenvalue weighted by Gasteiger charge is -2.20. The predicted molar refractivity (Wildman–Crippen MR) is 89.3 cm³/mol. The Labute approximate surface area is 135 Å². The van der Waals surface area contributed by atoms with E-state index in [0.29, 0.717) is 6.54 Å². The number of anilines is 2. The Morgan fingerprint density at radius 1 is 1.04 bits per heavy atom. The molecule has 1 aromatic heterocycles. The SMILES string of the molecule is O=C(Nc1ccc(NCc2ccon2)cc1)N1CCCCCC1. The third-order valence-corrected chi connectivity index (χ3v) is 3.99. The minimum Gasteiger partial charge on any atom is -0.379 e. The molecule has 0 bridgehead atoms. The molecule has 0 unspecified atom stereocenters. The summed E-state index contributed by atoms with van der Waals surface area (Å²) in [4.78, 5) is 14.2. The van der Waals surface area contributed by atoms with Gasteiger partial charge < -0.3 is 20.1 Å². The fourth-order valence-electron chi connectivity index (χ4n) is 2.67. The fourth-order valence-corrected chi connectivity index (χ4v) is 2.67. The first-order chi connectivity index (χ1) is 11.3. The normalized spacial score (nSPS) is 15.0. The number of likely N-dealkylation sites (tertiary alicyclic amines) is 1. The largest absolute Gasteiger partial charge is 0.379 e. The van der Waals surface area contributed by atoms with E-state index < -0.39 is 0 Å². The Balaban J connectivity index is 1.51. The van der Waals surface area contributed by atoms with Crippen LogP contribution in [0.15, 0.2) is 41.1 Å². The average molecular weight is 314 g/mol. The van der Waals surface area contributed by atoms with E-state index in [4.69, 9.17) is 4.52 Å². The summed E-state index contributed by atoms with van der Waals surface area (Å²) in [5, 5.41) is 10.1. The molecule has 2 amide bonds. The van der Waals surface area contributed by atoms with Gasteiger partial charge in [0.2, 0.25) is 0 Å². The number of hydrogen-bond acceptors (Lipinski definition) is 4. The molecule has 1 fully saturated rings. The van der Waals surface area contributed by atoms with Crippen LogP contribution in [0.4, 0.5) is 16.2 Å². The van der Waals surface area contributed by atoms with Crippen LogP contribution in [-0.4, -0.2) is 29.2 Å². The molecule has 1 aliphatic heterocycles. The summed E-state index contributed by atoms with van der Waals surface area (Å²) >= 11 is 0. The van der Waals surface area contributed by atoms with Gasteiger partial charge >= 0.3 is 6.03 Å². The lowest BCUT2D eigenvalue weighted by molar-refractivity contribution is 0.214. The van der Waals surface area contributed by atoms with Crippen LogP contribution in [0.25, 0.3) is 0 Å². The minimum atomic E-state index is -0.00444. The molecule has 6 heteroatoms. The molecular weight excluding hydrogens is 292 g/mol. The molecule has 3 rings (SSSR count). The third-order valence-electron chi connectivity index (χ3n) is 3.99. The highest BCUT2D eigenvalue weighted by molar-refractivity contribution is 5.89. The van der Waals surface area contributed by atoms with Crippen molar-refractivity contribution in [2.45, 2.75) is 32.2 Å². The average Bonchev–Trinajstić information content (AvgIpc) is 2.94. The summed E-state index contributed by atoms with van der Waals surface area (Å²) < 4.78 is 4.79. The van der Waals surface area contributed by atoms with Gasteiger partial charge in [-0.3, -0.25) is 0 Å². The van der Waals surface area contributed by atoms with Gasteiger partial charge in [-0.25, -0.2) is 4.79 Å². The zero-order chi connectivity index (χ0) is 15.9. The molecule has 0 radical (unpaired) electrons. The van der Waals surface area contributed by atoms with E-state index >= 15 is 0 Å². The summed E-state index contributed by atoms with van der Waals surface area (Å²) in [7, 11) is 0. The van der Waals surface area contributed by atoms with E-state index in [2.05, 4.69) is 15.8 Å². The Hall–Kier alpha value is -2.50. The highest BCUT2D eigenvalue weighted by Gasteiger charge is 2.15. The number of benzene rings is 1. The molecule has 2 N–H and O–H groups in total. The van der Waals surface area contributed by atoms with E-state index in [1.807, 2.05) is 35.2 Å². The molecule has 1 aromatic carbocycles. The summed E-state index contributed by atoms with van der Waals surface area (Å²) in [6, 6.07) is 9.51. The van der Waals surface area contributed by atoms with Crippen LogP contribution in [0.2, 0.25) is 0 Å². The molecular formula is C17H22N4O2. The summed E-state index contributed by atoms with van der Waals surface area (Å²) in [5.41, 5.74) is 2.63. The third kappa shape index (κ3) is 4.48. The van der Waals surface area contributed by atoms with E-state index in [9.17, 15) is 4.79 Å². The zero-order valence-corrected chi connectivity index (χ0v) is 13.1. The van der Waals surface area contributed by atoms with Crippen molar-refractivity contribution in [1.82, 2.24) is 10.1 Å². The predicted octanol–water partition coefficient (Wildman–Crippen LogP) is 3.69. The van der Waals surface area contributed by atoms with Gasteiger partial charge in [-0.05, 0) is 37.1 Å². The number of amides is 2. The molecule has 122 valence electrons. The first kappa shape index (κ1) is 15.4. The molecule has 6 nitrogen and oxygen atoms in total. The molecule has 0 aliphatic carbocycles. The van der Waals surface area contributed by atoms with Gasteiger partial charge in [0.1, 0.15) is 12.0 Å². The Morgan fingerprint density at radius 2 is 1.74 bits per heavy atom. The first-order valence-electron chi connectivity index (χ1n) is 8.10. The Kier molecular flexibility index (Phi) is 5.13. The second-order valence-corrected chi connectivity index (χ2v) is 5.75. The molecule has 0 spiro atoms. The number of nitrogens with one attached hydrogen (secondary N) is 2. The van der Waals surface area contributed by atoms with Crippen molar-refractivity contribution in [2.75, 3.05) is 23.7 Å². The smallest absolute Gasteiger partial charge is 0.321 e. The van der Waals surface area contributed by atoms with Crippen LogP contribution >= 0.6 is 0 Å². The number of urea groups is 1. The van der Waals surface area contributed by atoms with Gasteiger partial charge in [0.05, 0.1) is 6.54 Å². The van der Waals surface area contributed by atoms with Crippen LogP contribution in [0.5, 0.6) is 0 Å². The van der Waals surface area contributed by atoms with Crippen molar-refractivity contribution in [3.05, 3.63) is 42.3 Å². The van der Waals surface area contributed by atoms with Crippen molar-refractivity contribution in [1.29, 1.82) is 0 Å². The van der Waals surface area contributed by atoms with Crippen molar-refractivity contribution in [3.8, 4) is 0 Å². The summed E-state index contributed by atoms with van der Waals surface area (Å²) in [6.07, 6.45) is 6.18. The van der Waals surface area contributed by atoms with Crippen molar-refractivity contribution >= 4 is 17.4 Å². The van der Waals surface area contributed by atoms with E-state index in [1.165, 1.54) is 12.8 Å². The van der Waals surface area contributed by atoms with Gasteiger partial charge in [0.25, 0.3) is 0 Å². The van der Waals surface area contributed by atoms with E-state index in [-0.39, 0.29) is 6.03 Å².